The largest absolute Gasteiger partial charge is 0.465 e. The number of thioether (sulfide) groups is 1. The first-order valence-corrected chi connectivity index (χ1v) is 15.1. The summed E-state index contributed by atoms with van der Waals surface area (Å²) in [6, 6.07) is 4.63. The van der Waals surface area contributed by atoms with E-state index in [4.69, 9.17) is 16.3 Å². The molecule has 1 spiro atoms. The minimum Gasteiger partial charge on any atom is -0.465 e. The fourth-order valence-corrected chi connectivity index (χ4v) is 10.1. The topological polar surface area (TPSA) is 87.2 Å². The number of para-hydroxylation sites is 1. The number of aryl methyl sites for hydroxylation is 1. The van der Waals surface area contributed by atoms with Gasteiger partial charge < -0.3 is 19.6 Å². The number of carbonyl (C=O) groups excluding carboxylic acids is 3. The molecular weight excluding hydrogens is 592 g/mol. The van der Waals surface area contributed by atoms with Crippen molar-refractivity contribution >= 4 is 62.8 Å². The number of nitrogens with zero attached hydrogens (tertiary/aromatic N) is 2. The normalized spacial score (nSPS) is 29.3. The van der Waals surface area contributed by atoms with Gasteiger partial charge in [0.05, 0.1) is 33.9 Å². The number of aliphatic hydroxyl groups is 1. The standard InChI is InChI=1S/C28H34BrClN2O5S/c1-4-6-7-15-37-27(36)20-21-25(34)32(13-9-14-33)24(28(21)16-18(29)23(20)38-28)26(35)31(12-5-2)22-17(3)10-8-11-19(22)30/h4-5,8,10-11,18,20-21,23-24,33H,1-2,6-7,9,12-16H2,3H3/t18?,20-,21+,23-,24?,28?/m1/s1. The van der Waals surface area contributed by atoms with Crippen molar-refractivity contribution in [3.8, 4) is 0 Å². The van der Waals surface area contributed by atoms with Gasteiger partial charge in [-0.25, -0.2) is 0 Å². The number of hydrogen-bond donors (Lipinski definition) is 1. The molecule has 1 aromatic rings. The molecule has 0 aromatic heterocycles. The number of aliphatic hydroxyl groups excluding tert-OH is 1. The van der Waals surface area contributed by atoms with Crippen LogP contribution in [0.3, 0.4) is 0 Å². The van der Waals surface area contributed by atoms with Gasteiger partial charge in [0.15, 0.2) is 0 Å². The quantitative estimate of drug-likeness (QED) is 0.159. The maximum atomic E-state index is 14.5. The number of allylic oxidation sites excluding steroid dienone is 1. The van der Waals surface area contributed by atoms with Crippen molar-refractivity contribution in [1.82, 2.24) is 4.90 Å². The van der Waals surface area contributed by atoms with Crippen LogP contribution in [0.15, 0.2) is 43.5 Å². The van der Waals surface area contributed by atoms with E-state index in [-0.39, 0.29) is 48.2 Å². The third kappa shape index (κ3) is 4.95. The number of anilines is 1. The average Bonchev–Trinajstić information content (AvgIpc) is 3.47. The second-order valence-electron chi connectivity index (χ2n) is 10.0. The Hall–Kier alpha value is -1.81. The molecule has 1 aromatic carbocycles. The third-order valence-electron chi connectivity index (χ3n) is 7.69. The van der Waals surface area contributed by atoms with Crippen molar-refractivity contribution in [2.45, 2.75) is 53.5 Å². The maximum Gasteiger partial charge on any atom is 0.310 e. The van der Waals surface area contributed by atoms with Gasteiger partial charge in [0.2, 0.25) is 5.91 Å². The Morgan fingerprint density at radius 1 is 1.34 bits per heavy atom. The monoisotopic (exact) mass is 624 g/mol. The lowest BCUT2D eigenvalue weighted by atomic mass is 9.71. The van der Waals surface area contributed by atoms with Crippen molar-refractivity contribution < 1.29 is 24.2 Å². The molecule has 3 saturated heterocycles. The molecule has 4 rings (SSSR count). The van der Waals surface area contributed by atoms with Gasteiger partial charge in [-0.2, -0.15) is 0 Å². The highest BCUT2D eigenvalue weighted by molar-refractivity contribution is 9.09. The molecule has 3 aliphatic heterocycles. The lowest BCUT2D eigenvalue weighted by Crippen LogP contribution is -2.56. The van der Waals surface area contributed by atoms with Crippen LogP contribution in [0, 0.1) is 18.8 Å². The molecule has 0 saturated carbocycles. The average molecular weight is 626 g/mol. The highest BCUT2D eigenvalue weighted by Crippen LogP contribution is 2.68. The van der Waals surface area contributed by atoms with Gasteiger partial charge in [0.25, 0.3) is 5.91 Å². The minimum atomic E-state index is -0.823. The Balaban J connectivity index is 1.75. The van der Waals surface area contributed by atoms with Gasteiger partial charge in [-0.15, -0.1) is 24.9 Å². The fraction of sp³-hybridized carbons (Fsp3) is 0.536. The zero-order valence-electron chi connectivity index (χ0n) is 21.5. The third-order valence-corrected chi connectivity index (χ3v) is 11.2. The van der Waals surface area contributed by atoms with Gasteiger partial charge in [0.1, 0.15) is 6.04 Å². The van der Waals surface area contributed by atoms with Crippen molar-refractivity contribution in [1.29, 1.82) is 0 Å². The van der Waals surface area contributed by atoms with E-state index in [1.807, 2.05) is 19.1 Å². The molecule has 6 atom stereocenters. The van der Waals surface area contributed by atoms with E-state index in [2.05, 4.69) is 29.1 Å². The molecular formula is C28H34BrClN2O5S. The Kier molecular flexibility index (Phi) is 9.33. The van der Waals surface area contributed by atoms with Crippen molar-refractivity contribution in [3.63, 3.8) is 0 Å². The van der Waals surface area contributed by atoms with E-state index in [0.717, 1.165) is 12.0 Å². The second kappa shape index (κ2) is 12.1. The van der Waals surface area contributed by atoms with Crippen molar-refractivity contribution in [2.24, 2.45) is 11.8 Å². The summed E-state index contributed by atoms with van der Waals surface area (Å²) in [6.07, 6.45) is 5.70. The predicted molar refractivity (Wildman–Crippen MR) is 155 cm³/mol. The highest BCUT2D eigenvalue weighted by atomic mass is 79.9. The van der Waals surface area contributed by atoms with E-state index in [1.165, 1.54) is 0 Å². The van der Waals surface area contributed by atoms with Gasteiger partial charge in [-0.05, 0) is 44.2 Å². The first-order valence-electron chi connectivity index (χ1n) is 12.9. The summed E-state index contributed by atoms with van der Waals surface area (Å²) >= 11 is 11.9. The van der Waals surface area contributed by atoms with Crippen LogP contribution < -0.4 is 4.90 Å². The molecule has 2 amide bonds. The number of ether oxygens (including phenoxy) is 1. The SMILES string of the molecule is C=CCCCOC(=O)[C@H]1[C@@H]2SC3(CC2Br)C(C(=O)N(CC=C)c2c(C)cccc2Cl)N(CCCO)C(=O)[C@H]13. The Labute approximate surface area is 241 Å². The lowest BCUT2D eigenvalue weighted by molar-refractivity contribution is -0.154. The molecule has 206 valence electrons. The molecule has 1 N–H and O–H groups in total. The summed E-state index contributed by atoms with van der Waals surface area (Å²) in [6.45, 7) is 10.0. The van der Waals surface area contributed by atoms with Crippen LogP contribution >= 0.6 is 39.3 Å². The molecule has 10 heteroatoms. The molecule has 7 nitrogen and oxygen atoms in total. The molecule has 3 unspecified atom stereocenters. The number of hydrogen-bond acceptors (Lipinski definition) is 6. The molecule has 0 aliphatic carbocycles. The van der Waals surface area contributed by atoms with Gasteiger partial charge >= 0.3 is 5.97 Å². The van der Waals surface area contributed by atoms with Crippen molar-refractivity contribution in [2.75, 3.05) is 31.2 Å². The van der Waals surface area contributed by atoms with Crippen LogP contribution in [-0.4, -0.2) is 75.0 Å². The number of unbranched alkanes of at least 4 members (excludes halogenated alkanes) is 1. The number of rotatable bonds is 12. The number of esters is 1. The van der Waals surface area contributed by atoms with E-state index < -0.39 is 28.6 Å². The summed E-state index contributed by atoms with van der Waals surface area (Å²) in [5, 5.41) is 9.83. The fourth-order valence-electron chi connectivity index (χ4n) is 6.19. The number of halogens is 2. The number of fused-ring (bicyclic) bond motifs is 1. The number of amides is 2. The summed E-state index contributed by atoms with van der Waals surface area (Å²) in [7, 11) is 0. The van der Waals surface area contributed by atoms with E-state index >= 15 is 0 Å². The van der Waals surface area contributed by atoms with Crippen LogP contribution in [0.1, 0.15) is 31.2 Å². The van der Waals surface area contributed by atoms with Crippen molar-refractivity contribution in [3.05, 3.63) is 54.1 Å². The summed E-state index contributed by atoms with van der Waals surface area (Å²) < 4.78 is 4.82. The highest BCUT2D eigenvalue weighted by Gasteiger charge is 2.76. The minimum absolute atomic E-state index is 0.0507. The van der Waals surface area contributed by atoms with Crippen LogP contribution in [0.2, 0.25) is 5.02 Å². The Morgan fingerprint density at radius 2 is 2.11 bits per heavy atom. The van der Waals surface area contributed by atoms with Gasteiger partial charge in [0, 0.05) is 29.8 Å². The predicted octanol–water partition coefficient (Wildman–Crippen LogP) is 4.52. The molecule has 3 heterocycles. The molecule has 3 aliphatic rings. The molecule has 0 radical (unpaired) electrons. The molecule has 2 bridgehead atoms. The first kappa shape index (κ1) is 29.2. The number of alkyl halides is 1. The van der Waals surface area contributed by atoms with Crippen LogP contribution in [0.25, 0.3) is 0 Å². The number of likely N-dealkylation sites (tertiary alicyclic amines) is 1. The smallest absolute Gasteiger partial charge is 0.310 e. The second-order valence-corrected chi connectivity index (χ2v) is 13.1. The number of carbonyl (C=O) groups is 3. The van der Waals surface area contributed by atoms with E-state index in [0.29, 0.717) is 30.0 Å². The zero-order valence-corrected chi connectivity index (χ0v) is 24.6. The summed E-state index contributed by atoms with van der Waals surface area (Å²) in [5.74, 6) is -2.21. The van der Waals surface area contributed by atoms with E-state index in [9.17, 15) is 19.5 Å². The summed E-state index contributed by atoms with van der Waals surface area (Å²) in [5.41, 5.74) is 1.41. The van der Waals surface area contributed by atoms with Crippen LogP contribution in [0.4, 0.5) is 5.69 Å². The lowest BCUT2D eigenvalue weighted by Gasteiger charge is -2.38. The summed E-state index contributed by atoms with van der Waals surface area (Å²) in [4.78, 5) is 45.0. The van der Waals surface area contributed by atoms with Gasteiger partial charge in [-0.3, -0.25) is 14.4 Å². The Morgan fingerprint density at radius 3 is 2.76 bits per heavy atom. The van der Waals surface area contributed by atoms with Crippen LogP contribution in [0.5, 0.6) is 0 Å². The number of benzene rings is 1. The molecule has 38 heavy (non-hydrogen) atoms. The molecule has 3 fully saturated rings. The zero-order chi connectivity index (χ0) is 27.6. The van der Waals surface area contributed by atoms with Crippen LogP contribution in [-0.2, 0) is 19.1 Å². The Bertz CT molecular complexity index is 1100. The maximum absolute atomic E-state index is 14.5. The van der Waals surface area contributed by atoms with Gasteiger partial charge in [-0.1, -0.05) is 51.8 Å². The first-order chi connectivity index (χ1) is 18.2. The van der Waals surface area contributed by atoms with E-state index in [1.54, 1.807) is 39.8 Å².